The van der Waals surface area contributed by atoms with Crippen LogP contribution in [0.2, 0.25) is 5.02 Å². The van der Waals surface area contributed by atoms with E-state index in [-0.39, 0.29) is 23.0 Å². The van der Waals surface area contributed by atoms with Gasteiger partial charge in [0.1, 0.15) is 11.5 Å². The minimum Gasteiger partial charge on any atom is -0.495 e. The molecule has 0 aliphatic heterocycles. The number of methoxy groups -OCH3 is 2. The zero-order valence-corrected chi connectivity index (χ0v) is 20.1. The molecule has 172 valence electrons. The molecule has 2 aromatic carbocycles. The number of thioether (sulfide) groups is 1. The van der Waals surface area contributed by atoms with Gasteiger partial charge in [-0.25, -0.2) is 0 Å². The van der Waals surface area contributed by atoms with Crippen LogP contribution >= 0.6 is 23.4 Å². The normalized spacial score (nSPS) is 15.0. The molecule has 2 aromatic rings. The van der Waals surface area contributed by atoms with Gasteiger partial charge in [-0.1, -0.05) is 36.9 Å². The molecule has 0 spiro atoms. The van der Waals surface area contributed by atoms with Crippen molar-refractivity contribution >= 4 is 46.6 Å². The molecule has 32 heavy (non-hydrogen) atoms. The zero-order chi connectivity index (χ0) is 23.1. The predicted octanol–water partition coefficient (Wildman–Crippen LogP) is 6.00. The minimum atomic E-state index is -0.384. The molecule has 3 rings (SSSR count). The highest BCUT2D eigenvalue weighted by molar-refractivity contribution is 8.00. The van der Waals surface area contributed by atoms with Crippen LogP contribution < -0.4 is 20.1 Å². The van der Waals surface area contributed by atoms with Crippen molar-refractivity contribution in [2.24, 2.45) is 5.92 Å². The largest absolute Gasteiger partial charge is 0.495 e. The maximum Gasteiger partial charge on any atom is 0.237 e. The third-order valence-corrected chi connectivity index (χ3v) is 6.88. The fraction of sp³-hybridized carbons (Fsp3) is 0.417. The lowest BCUT2D eigenvalue weighted by Gasteiger charge is -2.21. The van der Waals surface area contributed by atoms with Crippen LogP contribution in [0.5, 0.6) is 11.5 Å². The fourth-order valence-electron chi connectivity index (χ4n) is 3.71. The molecule has 1 aliphatic rings. The third kappa shape index (κ3) is 6.33. The first-order chi connectivity index (χ1) is 15.4. The number of ether oxygens (including phenoxy) is 2. The van der Waals surface area contributed by atoms with Crippen molar-refractivity contribution in [3.63, 3.8) is 0 Å². The second-order valence-electron chi connectivity index (χ2n) is 7.79. The zero-order valence-electron chi connectivity index (χ0n) is 18.6. The van der Waals surface area contributed by atoms with Crippen molar-refractivity contribution in [3.05, 3.63) is 41.4 Å². The number of halogens is 1. The smallest absolute Gasteiger partial charge is 0.237 e. The Morgan fingerprint density at radius 3 is 2.44 bits per heavy atom. The summed E-state index contributed by atoms with van der Waals surface area (Å²) in [5, 5.41) is 5.90. The van der Waals surface area contributed by atoms with Gasteiger partial charge in [0.25, 0.3) is 0 Å². The minimum absolute atomic E-state index is 0.0844. The molecule has 0 heterocycles. The van der Waals surface area contributed by atoms with Crippen LogP contribution in [0.1, 0.15) is 39.0 Å². The number of nitrogens with one attached hydrogen (secondary N) is 2. The van der Waals surface area contributed by atoms with E-state index in [9.17, 15) is 9.59 Å². The molecule has 1 saturated carbocycles. The van der Waals surface area contributed by atoms with Gasteiger partial charge in [0.05, 0.1) is 30.2 Å². The van der Waals surface area contributed by atoms with E-state index in [0.29, 0.717) is 22.2 Å². The van der Waals surface area contributed by atoms with Gasteiger partial charge in [0.15, 0.2) is 0 Å². The monoisotopic (exact) mass is 476 g/mol. The summed E-state index contributed by atoms with van der Waals surface area (Å²) >= 11 is 7.61. The number of hydrogen-bond acceptors (Lipinski definition) is 5. The third-order valence-electron chi connectivity index (χ3n) is 5.49. The van der Waals surface area contributed by atoms with Crippen LogP contribution in [-0.2, 0) is 9.59 Å². The number of rotatable bonds is 8. The van der Waals surface area contributed by atoms with Gasteiger partial charge in [0.2, 0.25) is 11.8 Å². The van der Waals surface area contributed by atoms with E-state index in [1.807, 2.05) is 31.2 Å². The maximum atomic E-state index is 12.8. The molecular weight excluding hydrogens is 448 g/mol. The highest BCUT2D eigenvalue weighted by Crippen LogP contribution is 2.36. The Hall–Kier alpha value is -2.38. The summed E-state index contributed by atoms with van der Waals surface area (Å²) in [6.07, 6.45) is 5.35. The Morgan fingerprint density at radius 2 is 1.75 bits per heavy atom. The Balaban J connectivity index is 1.62. The first kappa shape index (κ1) is 24.3. The molecule has 0 radical (unpaired) electrons. The Morgan fingerprint density at radius 1 is 1.03 bits per heavy atom. The van der Waals surface area contributed by atoms with Gasteiger partial charge < -0.3 is 20.1 Å². The SMILES string of the molecule is COc1cc(OC)c(NC(=O)C(C)Sc2cccc(NC(=O)C3CCCCC3)c2)cc1Cl. The maximum absolute atomic E-state index is 12.8. The average molecular weight is 477 g/mol. The van der Waals surface area contributed by atoms with Crippen LogP contribution in [0.15, 0.2) is 41.3 Å². The summed E-state index contributed by atoms with van der Waals surface area (Å²) in [6.45, 7) is 1.82. The van der Waals surface area contributed by atoms with Crippen LogP contribution in [0, 0.1) is 5.92 Å². The fourth-order valence-corrected chi connectivity index (χ4v) is 4.87. The van der Waals surface area contributed by atoms with E-state index >= 15 is 0 Å². The molecule has 1 unspecified atom stereocenters. The summed E-state index contributed by atoms with van der Waals surface area (Å²) in [5.74, 6) is 0.920. The molecule has 0 bridgehead atoms. The molecular formula is C24H29ClN2O4S. The summed E-state index contributed by atoms with van der Waals surface area (Å²) in [4.78, 5) is 26.2. The summed E-state index contributed by atoms with van der Waals surface area (Å²) in [5.41, 5.74) is 1.23. The molecule has 2 amide bonds. The standard InChI is InChI=1S/C24H29ClN2O4S/c1-15(23(28)27-20-13-19(25)21(30-2)14-22(20)31-3)32-18-11-7-10-17(12-18)26-24(29)16-8-5-4-6-9-16/h7,10-16H,4-6,8-9H2,1-3H3,(H,26,29)(H,27,28). The van der Waals surface area contributed by atoms with Crippen LogP contribution in [0.25, 0.3) is 0 Å². The topological polar surface area (TPSA) is 76.7 Å². The summed E-state index contributed by atoms with van der Waals surface area (Å²) in [7, 11) is 3.03. The van der Waals surface area contributed by atoms with E-state index in [1.54, 1.807) is 12.1 Å². The number of hydrogen-bond donors (Lipinski definition) is 2. The van der Waals surface area contributed by atoms with E-state index in [4.69, 9.17) is 21.1 Å². The van der Waals surface area contributed by atoms with E-state index in [2.05, 4.69) is 10.6 Å². The predicted molar refractivity (Wildman–Crippen MR) is 130 cm³/mol. The van der Waals surface area contributed by atoms with Gasteiger partial charge >= 0.3 is 0 Å². The molecule has 1 atom stereocenters. The van der Waals surface area contributed by atoms with Gasteiger partial charge in [0, 0.05) is 22.6 Å². The van der Waals surface area contributed by atoms with Gasteiger partial charge in [-0.3, -0.25) is 9.59 Å². The van der Waals surface area contributed by atoms with Crippen LogP contribution in [0.4, 0.5) is 11.4 Å². The lowest BCUT2D eigenvalue weighted by atomic mass is 9.88. The van der Waals surface area contributed by atoms with Crippen LogP contribution in [0.3, 0.4) is 0 Å². The molecule has 0 aromatic heterocycles. The highest BCUT2D eigenvalue weighted by atomic mass is 35.5. The number of carbonyl (C=O) groups is 2. The second-order valence-corrected chi connectivity index (χ2v) is 9.61. The van der Waals surface area contributed by atoms with Crippen molar-refractivity contribution in [2.75, 3.05) is 24.9 Å². The molecule has 0 saturated heterocycles. The van der Waals surface area contributed by atoms with Crippen molar-refractivity contribution in [3.8, 4) is 11.5 Å². The summed E-state index contributed by atoms with van der Waals surface area (Å²) < 4.78 is 10.5. The van der Waals surface area contributed by atoms with E-state index in [0.717, 1.165) is 36.3 Å². The van der Waals surface area contributed by atoms with E-state index in [1.165, 1.54) is 32.4 Å². The molecule has 1 fully saturated rings. The Bertz CT molecular complexity index is 963. The van der Waals surface area contributed by atoms with Gasteiger partial charge in [-0.2, -0.15) is 0 Å². The van der Waals surface area contributed by atoms with Crippen molar-refractivity contribution < 1.29 is 19.1 Å². The number of amides is 2. The highest BCUT2D eigenvalue weighted by Gasteiger charge is 2.22. The van der Waals surface area contributed by atoms with Gasteiger partial charge in [-0.05, 0) is 44.0 Å². The quantitative estimate of drug-likeness (QED) is 0.457. The average Bonchev–Trinajstić information content (AvgIpc) is 2.80. The van der Waals surface area contributed by atoms with Gasteiger partial charge in [-0.15, -0.1) is 11.8 Å². The van der Waals surface area contributed by atoms with Crippen molar-refractivity contribution in [1.82, 2.24) is 0 Å². The molecule has 6 nitrogen and oxygen atoms in total. The molecule has 8 heteroatoms. The van der Waals surface area contributed by atoms with E-state index < -0.39 is 0 Å². The van der Waals surface area contributed by atoms with Crippen molar-refractivity contribution in [2.45, 2.75) is 49.2 Å². The van der Waals surface area contributed by atoms with Crippen molar-refractivity contribution in [1.29, 1.82) is 0 Å². The molecule has 1 aliphatic carbocycles. The lowest BCUT2D eigenvalue weighted by molar-refractivity contribution is -0.120. The first-order valence-corrected chi connectivity index (χ1v) is 12.0. The van der Waals surface area contributed by atoms with Crippen LogP contribution in [-0.4, -0.2) is 31.3 Å². The number of benzene rings is 2. The lowest BCUT2D eigenvalue weighted by Crippen LogP contribution is -2.24. The number of anilines is 2. The Labute approximate surface area is 198 Å². The second kappa shape index (κ2) is 11.5. The first-order valence-electron chi connectivity index (χ1n) is 10.7. The number of carbonyl (C=O) groups excluding carboxylic acids is 2. The molecule has 2 N–H and O–H groups in total. The Kier molecular flexibility index (Phi) is 8.70. The summed E-state index contributed by atoms with van der Waals surface area (Å²) in [6, 6.07) is 10.8.